The molecular weight excluding hydrogens is 200 g/mol. The van der Waals surface area contributed by atoms with Gasteiger partial charge in [-0.2, -0.15) is 0 Å². The van der Waals surface area contributed by atoms with Crippen molar-refractivity contribution >= 4 is 11.6 Å². The fourth-order valence-electron chi connectivity index (χ4n) is 4.41. The maximum absolute atomic E-state index is 11.9. The van der Waals surface area contributed by atoms with Gasteiger partial charge in [0.1, 0.15) is 11.6 Å². The molecule has 0 unspecified atom stereocenters. The van der Waals surface area contributed by atoms with Crippen molar-refractivity contribution in [1.29, 1.82) is 0 Å². The predicted molar refractivity (Wildman–Crippen MR) is 60.9 cm³/mol. The van der Waals surface area contributed by atoms with E-state index in [4.69, 9.17) is 0 Å². The van der Waals surface area contributed by atoms with Gasteiger partial charge in [0.15, 0.2) is 0 Å². The molecule has 0 radical (unpaired) electrons. The van der Waals surface area contributed by atoms with Gasteiger partial charge in [0.25, 0.3) is 0 Å². The molecule has 3 aliphatic carbocycles. The molecule has 3 fully saturated rings. The van der Waals surface area contributed by atoms with E-state index < -0.39 is 0 Å². The van der Waals surface area contributed by atoms with Crippen LogP contribution in [0.4, 0.5) is 0 Å². The van der Waals surface area contributed by atoms with Crippen LogP contribution in [0.5, 0.6) is 0 Å². The molecule has 0 amide bonds. The van der Waals surface area contributed by atoms with Crippen molar-refractivity contribution < 1.29 is 9.59 Å². The molecule has 0 N–H and O–H groups in total. The number of fused-ring (bicyclic) bond motifs is 3. The number of hydrogen-bond donors (Lipinski definition) is 0. The van der Waals surface area contributed by atoms with Crippen LogP contribution in [-0.2, 0) is 9.59 Å². The first kappa shape index (κ1) is 10.5. The minimum Gasteiger partial charge on any atom is -0.299 e. The van der Waals surface area contributed by atoms with E-state index in [-0.39, 0.29) is 0 Å². The lowest BCUT2D eigenvalue weighted by Gasteiger charge is -2.46. The third kappa shape index (κ3) is 1.54. The Balaban J connectivity index is 1.83. The zero-order chi connectivity index (χ0) is 11.1. The van der Waals surface area contributed by atoms with Gasteiger partial charge in [-0.3, -0.25) is 9.59 Å². The summed E-state index contributed by atoms with van der Waals surface area (Å²) in [6.07, 6.45) is 8.12. The van der Waals surface area contributed by atoms with E-state index in [2.05, 4.69) is 0 Å². The van der Waals surface area contributed by atoms with Crippen LogP contribution in [0.3, 0.4) is 0 Å². The first-order chi connectivity index (χ1) is 7.77. The lowest BCUT2D eigenvalue weighted by molar-refractivity contribution is -0.139. The molecule has 0 heterocycles. The molecule has 2 heteroatoms. The van der Waals surface area contributed by atoms with Crippen molar-refractivity contribution in [3.05, 3.63) is 0 Å². The predicted octanol–water partition coefficient (Wildman–Crippen LogP) is 2.75. The maximum Gasteiger partial charge on any atom is 0.136 e. The molecule has 0 bridgehead atoms. The summed E-state index contributed by atoms with van der Waals surface area (Å²) in [5, 5.41) is 0. The normalized spacial score (nSPS) is 43.8. The average molecular weight is 220 g/mol. The van der Waals surface area contributed by atoms with Crippen molar-refractivity contribution in [3.63, 3.8) is 0 Å². The Labute approximate surface area is 96.8 Å². The molecule has 88 valence electrons. The molecule has 2 nitrogen and oxygen atoms in total. The van der Waals surface area contributed by atoms with E-state index in [1.807, 2.05) is 0 Å². The quantitative estimate of drug-likeness (QED) is 0.629. The standard InChI is InChI=1S/C14H20O2/c15-13-5-1-3-9-10-4-2-6-14(16)12(10)8-7-11(9)13/h9-12H,1-8H2/t9-,10-,11-,12-/m1/s1. The number of carbonyl (C=O) groups excluding carboxylic acids is 2. The summed E-state index contributed by atoms with van der Waals surface area (Å²) >= 11 is 0. The van der Waals surface area contributed by atoms with Crippen LogP contribution in [0.15, 0.2) is 0 Å². The van der Waals surface area contributed by atoms with Gasteiger partial charge in [-0.15, -0.1) is 0 Å². The highest BCUT2D eigenvalue weighted by Crippen LogP contribution is 2.49. The highest BCUT2D eigenvalue weighted by molar-refractivity contribution is 5.85. The Morgan fingerprint density at radius 2 is 1.12 bits per heavy atom. The largest absolute Gasteiger partial charge is 0.299 e. The van der Waals surface area contributed by atoms with Gasteiger partial charge in [-0.25, -0.2) is 0 Å². The van der Waals surface area contributed by atoms with Crippen LogP contribution in [0.1, 0.15) is 51.4 Å². The lowest BCUT2D eigenvalue weighted by Crippen LogP contribution is -2.45. The van der Waals surface area contributed by atoms with Crippen molar-refractivity contribution in [2.24, 2.45) is 23.7 Å². The summed E-state index contributed by atoms with van der Waals surface area (Å²) in [6.45, 7) is 0. The minimum absolute atomic E-state index is 0.320. The summed E-state index contributed by atoms with van der Waals surface area (Å²) in [4.78, 5) is 23.8. The zero-order valence-electron chi connectivity index (χ0n) is 9.78. The Kier molecular flexibility index (Phi) is 2.61. The second-order valence-electron chi connectivity index (χ2n) is 5.84. The molecule has 0 spiro atoms. The maximum atomic E-state index is 11.9. The van der Waals surface area contributed by atoms with Gasteiger partial charge in [0.2, 0.25) is 0 Å². The second kappa shape index (κ2) is 3.97. The average Bonchev–Trinajstić information content (AvgIpc) is 2.30. The van der Waals surface area contributed by atoms with Gasteiger partial charge >= 0.3 is 0 Å². The summed E-state index contributed by atoms with van der Waals surface area (Å²) in [7, 11) is 0. The Morgan fingerprint density at radius 3 is 1.56 bits per heavy atom. The van der Waals surface area contributed by atoms with Crippen molar-refractivity contribution in [3.8, 4) is 0 Å². The molecule has 0 aliphatic heterocycles. The molecular formula is C14H20O2. The van der Waals surface area contributed by atoms with Crippen LogP contribution >= 0.6 is 0 Å². The number of carbonyl (C=O) groups is 2. The van der Waals surface area contributed by atoms with Crippen molar-refractivity contribution in [1.82, 2.24) is 0 Å². The highest BCUT2D eigenvalue weighted by atomic mass is 16.1. The van der Waals surface area contributed by atoms with E-state index in [1.165, 1.54) is 12.8 Å². The van der Waals surface area contributed by atoms with Crippen molar-refractivity contribution in [2.75, 3.05) is 0 Å². The fourth-order valence-corrected chi connectivity index (χ4v) is 4.41. The molecule has 0 saturated heterocycles. The van der Waals surface area contributed by atoms with Crippen LogP contribution in [0, 0.1) is 23.7 Å². The highest BCUT2D eigenvalue weighted by Gasteiger charge is 2.46. The SMILES string of the molecule is O=C1CCC[C@@H]2[C@H]3CCCC(=O)[C@@H]3CC[C@@H]12. The number of ketones is 2. The van der Waals surface area contributed by atoms with E-state index in [0.717, 1.165) is 38.5 Å². The number of Topliss-reactive ketones (excluding diaryl/α,β-unsaturated/α-hetero) is 2. The van der Waals surface area contributed by atoms with Gasteiger partial charge in [-0.05, 0) is 50.4 Å². The van der Waals surface area contributed by atoms with Gasteiger partial charge < -0.3 is 0 Å². The van der Waals surface area contributed by atoms with Crippen molar-refractivity contribution in [2.45, 2.75) is 51.4 Å². The lowest BCUT2D eigenvalue weighted by atomic mass is 9.57. The second-order valence-corrected chi connectivity index (χ2v) is 5.84. The summed E-state index contributed by atoms with van der Waals surface area (Å²) in [5.41, 5.74) is 0. The molecule has 0 aromatic heterocycles. The Morgan fingerprint density at radius 1 is 0.688 bits per heavy atom. The topological polar surface area (TPSA) is 34.1 Å². The molecule has 0 aromatic carbocycles. The van der Waals surface area contributed by atoms with Crippen LogP contribution in [-0.4, -0.2) is 11.6 Å². The number of hydrogen-bond acceptors (Lipinski definition) is 2. The van der Waals surface area contributed by atoms with Gasteiger partial charge in [-0.1, -0.05) is 0 Å². The third-order valence-electron chi connectivity index (χ3n) is 5.12. The molecule has 16 heavy (non-hydrogen) atoms. The van der Waals surface area contributed by atoms with Crippen LogP contribution in [0.25, 0.3) is 0 Å². The Hall–Kier alpha value is -0.660. The molecule has 4 atom stereocenters. The minimum atomic E-state index is 0.320. The van der Waals surface area contributed by atoms with Gasteiger partial charge in [0.05, 0.1) is 0 Å². The number of rotatable bonds is 0. The molecule has 3 aliphatic rings. The monoisotopic (exact) mass is 220 g/mol. The van der Waals surface area contributed by atoms with Crippen LogP contribution < -0.4 is 0 Å². The summed E-state index contributed by atoms with van der Waals surface area (Å²) in [6, 6.07) is 0. The van der Waals surface area contributed by atoms with E-state index in [9.17, 15) is 9.59 Å². The molecule has 0 aromatic rings. The summed E-state index contributed by atoms with van der Waals surface area (Å²) in [5.74, 6) is 2.75. The first-order valence-corrected chi connectivity index (χ1v) is 6.83. The third-order valence-corrected chi connectivity index (χ3v) is 5.12. The summed E-state index contributed by atoms with van der Waals surface area (Å²) < 4.78 is 0. The van der Waals surface area contributed by atoms with Gasteiger partial charge in [0, 0.05) is 24.7 Å². The van der Waals surface area contributed by atoms with Crippen LogP contribution in [0.2, 0.25) is 0 Å². The van der Waals surface area contributed by atoms with E-state index >= 15 is 0 Å². The zero-order valence-corrected chi connectivity index (χ0v) is 9.78. The Bertz CT molecular complexity index is 289. The molecule has 3 saturated carbocycles. The molecule has 3 rings (SSSR count). The van der Waals surface area contributed by atoms with E-state index in [0.29, 0.717) is 35.2 Å². The smallest absolute Gasteiger partial charge is 0.136 e. The van der Waals surface area contributed by atoms with E-state index in [1.54, 1.807) is 0 Å². The fraction of sp³-hybridized carbons (Fsp3) is 0.857. The first-order valence-electron chi connectivity index (χ1n) is 6.83.